The number of carbonyl (C=O) groups excluding carboxylic acids is 1. The van der Waals surface area contributed by atoms with Gasteiger partial charge in [-0.15, -0.1) is 0 Å². The number of ether oxygens (including phenoxy) is 1. The summed E-state index contributed by atoms with van der Waals surface area (Å²) >= 11 is 0. The molecule has 0 bridgehead atoms. The lowest BCUT2D eigenvalue weighted by molar-refractivity contribution is 0.0750. The monoisotopic (exact) mass is 325 g/mol. The molecule has 0 atom stereocenters. The van der Waals surface area contributed by atoms with Gasteiger partial charge in [-0.05, 0) is 59.4 Å². The number of methoxy groups -OCH3 is 1. The minimum Gasteiger partial charge on any atom is -0.508 e. The fourth-order valence-corrected chi connectivity index (χ4v) is 3.21. The van der Waals surface area contributed by atoms with Crippen molar-refractivity contribution in [2.45, 2.75) is 39.8 Å². The maximum absolute atomic E-state index is 13.0. The average molecular weight is 325 g/mol. The number of carbonyl (C=O) groups is 1. The zero-order valence-electron chi connectivity index (χ0n) is 14.6. The van der Waals surface area contributed by atoms with E-state index in [0.29, 0.717) is 18.7 Å². The van der Waals surface area contributed by atoms with Crippen molar-refractivity contribution >= 4 is 5.91 Å². The number of rotatable bonds is 3. The molecule has 1 N–H and O–H groups in total. The standard InChI is InChI=1S/C20H23NO3/c1-12(2)17-9-18(13(3)7-19(17)22)20(23)21-10-14-5-6-16(24-4)8-15(14)11-21/h5-9,12,22H,10-11H2,1-4H3. The molecule has 2 aromatic rings. The van der Waals surface area contributed by atoms with Gasteiger partial charge in [0.25, 0.3) is 5.91 Å². The lowest BCUT2D eigenvalue weighted by Gasteiger charge is -2.19. The van der Waals surface area contributed by atoms with Crippen molar-refractivity contribution in [3.63, 3.8) is 0 Å². The Morgan fingerprint density at radius 3 is 2.54 bits per heavy atom. The van der Waals surface area contributed by atoms with Gasteiger partial charge in [0.1, 0.15) is 11.5 Å². The van der Waals surface area contributed by atoms with Crippen LogP contribution < -0.4 is 4.74 Å². The summed E-state index contributed by atoms with van der Waals surface area (Å²) in [5.41, 5.74) is 4.56. The van der Waals surface area contributed by atoms with Crippen LogP contribution in [0.15, 0.2) is 30.3 Å². The molecule has 0 spiro atoms. The number of aromatic hydroxyl groups is 1. The third kappa shape index (κ3) is 2.84. The van der Waals surface area contributed by atoms with Crippen LogP contribution in [-0.2, 0) is 13.1 Å². The topological polar surface area (TPSA) is 49.8 Å². The Hall–Kier alpha value is -2.49. The summed E-state index contributed by atoms with van der Waals surface area (Å²) in [5, 5.41) is 10.1. The number of benzene rings is 2. The first kappa shape index (κ1) is 16.4. The average Bonchev–Trinajstić information content (AvgIpc) is 2.96. The fraction of sp³-hybridized carbons (Fsp3) is 0.350. The van der Waals surface area contributed by atoms with Gasteiger partial charge in [0.2, 0.25) is 0 Å². The van der Waals surface area contributed by atoms with Crippen LogP contribution in [0.5, 0.6) is 11.5 Å². The first-order valence-electron chi connectivity index (χ1n) is 8.19. The molecule has 2 aromatic carbocycles. The number of aryl methyl sites for hydroxylation is 1. The van der Waals surface area contributed by atoms with Crippen LogP contribution in [0, 0.1) is 6.92 Å². The second-order valence-corrected chi connectivity index (χ2v) is 6.68. The van der Waals surface area contributed by atoms with Crippen molar-refractivity contribution in [3.05, 3.63) is 58.1 Å². The second-order valence-electron chi connectivity index (χ2n) is 6.68. The van der Waals surface area contributed by atoms with Crippen LogP contribution in [0.4, 0.5) is 0 Å². The van der Waals surface area contributed by atoms with Gasteiger partial charge in [-0.25, -0.2) is 0 Å². The summed E-state index contributed by atoms with van der Waals surface area (Å²) in [5.74, 6) is 1.24. The third-order valence-electron chi connectivity index (χ3n) is 4.65. The minimum absolute atomic E-state index is 0.00423. The Morgan fingerprint density at radius 1 is 1.17 bits per heavy atom. The third-order valence-corrected chi connectivity index (χ3v) is 4.65. The number of nitrogens with zero attached hydrogens (tertiary/aromatic N) is 1. The highest BCUT2D eigenvalue weighted by Crippen LogP contribution is 2.32. The molecule has 0 aromatic heterocycles. The highest BCUT2D eigenvalue weighted by molar-refractivity contribution is 5.96. The van der Waals surface area contributed by atoms with Gasteiger partial charge < -0.3 is 14.7 Å². The number of fused-ring (bicyclic) bond motifs is 1. The molecule has 0 radical (unpaired) electrons. The molecule has 0 fully saturated rings. The van der Waals surface area contributed by atoms with Crippen LogP contribution >= 0.6 is 0 Å². The Balaban J connectivity index is 1.90. The molecule has 1 aliphatic rings. The zero-order chi connectivity index (χ0) is 17.4. The lowest BCUT2D eigenvalue weighted by atomic mass is 9.96. The molecular weight excluding hydrogens is 302 g/mol. The van der Waals surface area contributed by atoms with Gasteiger partial charge >= 0.3 is 0 Å². The van der Waals surface area contributed by atoms with E-state index in [-0.39, 0.29) is 17.6 Å². The van der Waals surface area contributed by atoms with Crippen molar-refractivity contribution in [1.29, 1.82) is 0 Å². The largest absolute Gasteiger partial charge is 0.508 e. The number of phenols is 1. The Bertz CT molecular complexity index is 796. The molecule has 1 amide bonds. The predicted molar refractivity (Wildman–Crippen MR) is 93.5 cm³/mol. The maximum Gasteiger partial charge on any atom is 0.254 e. The molecule has 0 saturated carbocycles. The molecule has 3 rings (SSSR count). The molecule has 126 valence electrons. The quantitative estimate of drug-likeness (QED) is 0.928. The van der Waals surface area contributed by atoms with E-state index < -0.39 is 0 Å². The van der Waals surface area contributed by atoms with Gasteiger partial charge in [0.05, 0.1) is 7.11 Å². The summed E-state index contributed by atoms with van der Waals surface area (Å²) in [6.45, 7) is 7.08. The molecular formula is C20H23NO3. The van der Waals surface area contributed by atoms with Crippen molar-refractivity contribution in [2.24, 2.45) is 0 Å². The van der Waals surface area contributed by atoms with Crippen molar-refractivity contribution in [1.82, 2.24) is 4.90 Å². The normalized spacial score (nSPS) is 13.3. The summed E-state index contributed by atoms with van der Waals surface area (Å²) in [7, 11) is 1.65. The van der Waals surface area contributed by atoms with E-state index in [1.807, 2.05) is 49.9 Å². The van der Waals surface area contributed by atoms with Gasteiger partial charge in [0, 0.05) is 18.7 Å². The van der Waals surface area contributed by atoms with E-state index in [1.165, 1.54) is 0 Å². The Kier molecular flexibility index (Phi) is 4.22. The number of phenolic OH excluding ortho intramolecular Hbond substituents is 1. The number of hydrogen-bond acceptors (Lipinski definition) is 3. The number of hydrogen-bond donors (Lipinski definition) is 1. The van der Waals surface area contributed by atoms with E-state index in [2.05, 4.69) is 0 Å². The predicted octanol–water partition coefficient (Wildman–Crippen LogP) is 3.99. The molecule has 4 nitrogen and oxygen atoms in total. The molecule has 1 aliphatic heterocycles. The van der Waals surface area contributed by atoms with Crippen LogP contribution in [-0.4, -0.2) is 23.0 Å². The van der Waals surface area contributed by atoms with Crippen LogP contribution in [0.2, 0.25) is 0 Å². The number of amides is 1. The van der Waals surface area contributed by atoms with Crippen LogP contribution in [0.3, 0.4) is 0 Å². The van der Waals surface area contributed by atoms with Crippen molar-refractivity contribution in [2.75, 3.05) is 7.11 Å². The molecule has 0 aliphatic carbocycles. The smallest absolute Gasteiger partial charge is 0.254 e. The van der Waals surface area contributed by atoms with Crippen LogP contribution in [0.1, 0.15) is 52.4 Å². The van der Waals surface area contributed by atoms with E-state index in [1.54, 1.807) is 13.2 Å². The van der Waals surface area contributed by atoms with Crippen molar-refractivity contribution < 1.29 is 14.6 Å². The van der Waals surface area contributed by atoms with Crippen molar-refractivity contribution in [3.8, 4) is 11.5 Å². The van der Waals surface area contributed by atoms with Crippen LogP contribution in [0.25, 0.3) is 0 Å². The first-order chi connectivity index (χ1) is 11.4. The summed E-state index contributed by atoms with van der Waals surface area (Å²) < 4.78 is 5.26. The summed E-state index contributed by atoms with van der Waals surface area (Å²) in [6.07, 6.45) is 0. The maximum atomic E-state index is 13.0. The molecule has 1 heterocycles. The zero-order valence-corrected chi connectivity index (χ0v) is 14.6. The molecule has 0 unspecified atom stereocenters. The summed E-state index contributed by atoms with van der Waals surface area (Å²) in [4.78, 5) is 14.8. The minimum atomic E-state index is 0.00423. The van der Waals surface area contributed by atoms with E-state index >= 15 is 0 Å². The van der Waals surface area contributed by atoms with Gasteiger partial charge in [0.15, 0.2) is 0 Å². The second kappa shape index (κ2) is 6.19. The molecule has 24 heavy (non-hydrogen) atoms. The highest BCUT2D eigenvalue weighted by atomic mass is 16.5. The van der Waals surface area contributed by atoms with Gasteiger partial charge in [-0.2, -0.15) is 0 Å². The fourth-order valence-electron chi connectivity index (χ4n) is 3.21. The van der Waals surface area contributed by atoms with E-state index in [4.69, 9.17) is 4.74 Å². The highest BCUT2D eigenvalue weighted by Gasteiger charge is 2.26. The van der Waals surface area contributed by atoms with Gasteiger partial charge in [-0.1, -0.05) is 19.9 Å². The first-order valence-corrected chi connectivity index (χ1v) is 8.19. The SMILES string of the molecule is COc1ccc2c(c1)CN(C(=O)c1cc(C(C)C)c(O)cc1C)C2. The van der Waals surface area contributed by atoms with E-state index in [0.717, 1.165) is 28.0 Å². The van der Waals surface area contributed by atoms with Gasteiger partial charge in [-0.3, -0.25) is 4.79 Å². The molecule has 4 heteroatoms. The lowest BCUT2D eigenvalue weighted by Crippen LogP contribution is -2.26. The molecule has 0 saturated heterocycles. The van der Waals surface area contributed by atoms with E-state index in [9.17, 15) is 9.90 Å². The Labute approximate surface area is 142 Å². The summed E-state index contributed by atoms with van der Waals surface area (Å²) in [6, 6.07) is 9.46. The Morgan fingerprint density at radius 2 is 1.88 bits per heavy atom.